The standard InChI is InChI=1S/C15H18FNO5/c1-9(14(19)21-2)7-12(15(20)22-3)17-13(18)10-5-4-6-11(16)8-10/h4-6,8-9,12H,7H2,1-3H3,(H,17,18)/t9-,12-/m1/s1. The Hall–Kier alpha value is -2.44. The van der Waals surface area contributed by atoms with Gasteiger partial charge in [-0.1, -0.05) is 13.0 Å². The maximum absolute atomic E-state index is 13.1. The number of hydrogen-bond donors (Lipinski definition) is 1. The number of ether oxygens (including phenoxy) is 2. The van der Waals surface area contributed by atoms with Gasteiger partial charge in [0.15, 0.2) is 0 Å². The van der Waals surface area contributed by atoms with Crippen molar-refractivity contribution in [2.24, 2.45) is 5.92 Å². The molecule has 0 heterocycles. The van der Waals surface area contributed by atoms with Crippen LogP contribution in [0.1, 0.15) is 23.7 Å². The van der Waals surface area contributed by atoms with Gasteiger partial charge in [0.1, 0.15) is 11.9 Å². The van der Waals surface area contributed by atoms with E-state index in [-0.39, 0.29) is 12.0 Å². The number of nitrogens with one attached hydrogen (secondary N) is 1. The van der Waals surface area contributed by atoms with E-state index in [1.54, 1.807) is 6.92 Å². The third kappa shape index (κ3) is 4.83. The summed E-state index contributed by atoms with van der Waals surface area (Å²) in [4.78, 5) is 35.2. The topological polar surface area (TPSA) is 81.7 Å². The highest BCUT2D eigenvalue weighted by Crippen LogP contribution is 2.11. The normalized spacial score (nSPS) is 12.9. The number of amides is 1. The Morgan fingerprint density at radius 1 is 1.18 bits per heavy atom. The highest BCUT2D eigenvalue weighted by atomic mass is 19.1. The highest BCUT2D eigenvalue weighted by Gasteiger charge is 2.27. The lowest BCUT2D eigenvalue weighted by Crippen LogP contribution is -2.43. The molecule has 120 valence electrons. The van der Waals surface area contributed by atoms with E-state index in [4.69, 9.17) is 0 Å². The van der Waals surface area contributed by atoms with Crippen LogP contribution in [0, 0.1) is 11.7 Å². The molecule has 2 atom stereocenters. The lowest BCUT2D eigenvalue weighted by Gasteiger charge is -2.19. The Bertz CT molecular complexity index is 561. The second-order valence-corrected chi connectivity index (χ2v) is 4.72. The summed E-state index contributed by atoms with van der Waals surface area (Å²) < 4.78 is 22.3. The lowest BCUT2D eigenvalue weighted by atomic mass is 10.0. The zero-order valence-corrected chi connectivity index (χ0v) is 12.6. The second-order valence-electron chi connectivity index (χ2n) is 4.72. The fraction of sp³-hybridized carbons (Fsp3) is 0.400. The van der Waals surface area contributed by atoms with Gasteiger partial charge < -0.3 is 14.8 Å². The summed E-state index contributed by atoms with van der Waals surface area (Å²) in [6, 6.07) is 4.02. The Labute approximate surface area is 127 Å². The molecule has 6 nitrogen and oxygen atoms in total. The minimum atomic E-state index is -1.03. The lowest BCUT2D eigenvalue weighted by molar-refractivity contribution is -0.147. The molecule has 0 fully saturated rings. The first-order valence-electron chi connectivity index (χ1n) is 6.61. The summed E-state index contributed by atoms with van der Waals surface area (Å²) >= 11 is 0. The monoisotopic (exact) mass is 311 g/mol. The van der Waals surface area contributed by atoms with Gasteiger partial charge in [0.25, 0.3) is 5.91 Å². The van der Waals surface area contributed by atoms with Crippen molar-refractivity contribution in [2.75, 3.05) is 14.2 Å². The highest BCUT2D eigenvalue weighted by molar-refractivity contribution is 5.96. The van der Waals surface area contributed by atoms with Gasteiger partial charge in [0, 0.05) is 5.56 Å². The van der Waals surface area contributed by atoms with Crippen LogP contribution in [0.15, 0.2) is 24.3 Å². The van der Waals surface area contributed by atoms with Gasteiger partial charge in [-0.05, 0) is 24.6 Å². The molecule has 1 aromatic rings. The van der Waals surface area contributed by atoms with Crippen molar-refractivity contribution in [3.8, 4) is 0 Å². The van der Waals surface area contributed by atoms with Crippen LogP contribution in [-0.2, 0) is 19.1 Å². The van der Waals surface area contributed by atoms with Crippen molar-refractivity contribution < 1.29 is 28.2 Å². The second kappa shape index (κ2) is 8.11. The summed E-state index contributed by atoms with van der Waals surface area (Å²) in [6.45, 7) is 1.57. The summed E-state index contributed by atoms with van der Waals surface area (Å²) in [5.41, 5.74) is 0.0691. The molecule has 1 amide bonds. The molecular weight excluding hydrogens is 293 g/mol. The molecule has 0 saturated heterocycles. The van der Waals surface area contributed by atoms with E-state index in [9.17, 15) is 18.8 Å². The van der Waals surface area contributed by atoms with Crippen molar-refractivity contribution in [2.45, 2.75) is 19.4 Å². The number of esters is 2. The average molecular weight is 311 g/mol. The molecule has 0 aromatic heterocycles. The zero-order valence-electron chi connectivity index (χ0n) is 12.6. The molecule has 0 aliphatic carbocycles. The molecule has 7 heteroatoms. The SMILES string of the molecule is COC(=O)[C@H](C)C[C@@H](NC(=O)c1cccc(F)c1)C(=O)OC. The molecule has 0 bridgehead atoms. The van der Waals surface area contributed by atoms with E-state index in [0.717, 1.165) is 6.07 Å². The minimum absolute atomic E-state index is 0.0143. The van der Waals surface area contributed by atoms with Crippen LogP contribution in [0.25, 0.3) is 0 Å². The van der Waals surface area contributed by atoms with Gasteiger partial charge in [-0.3, -0.25) is 9.59 Å². The summed E-state index contributed by atoms with van der Waals surface area (Å²) in [6.07, 6.45) is 0.0143. The van der Waals surface area contributed by atoms with Crippen LogP contribution < -0.4 is 5.32 Å². The molecule has 22 heavy (non-hydrogen) atoms. The summed E-state index contributed by atoms with van der Waals surface area (Å²) in [5, 5.41) is 2.43. The Morgan fingerprint density at radius 2 is 1.82 bits per heavy atom. The fourth-order valence-electron chi connectivity index (χ4n) is 1.88. The number of carbonyl (C=O) groups is 3. The molecule has 0 unspecified atom stereocenters. The van der Waals surface area contributed by atoms with Crippen LogP contribution in [0.4, 0.5) is 4.39 Å². The molecular formula is C15H18FNO5. The largest absolute Gasteiger partial charge is 0.469 e. The van der Waals surface area contributed by atoms with Crippen LogP contribution >= 0.6 is 0 Å². The molecule has 0 radical (unpaired) electrons. The molecule has 0 spiro atoms. The number of methoxy groups -OCH3 is 2. The maximum Gasteiger partial charge on any atom is 0.328 e. The maximum atomic E-state index is 13.1. The van der Waals surface area contributed by atoms with Gasteiger partial charge in [0.2, 0.25) is 0 Å². The molecule has 1 rings (SSSR count). The minimum Gasteiger partial charge on any atom is -0.469 e. The van der Waals surface area contributed by atoms with E-state index in [0.29, 0.717) is 0 Å². The average Bonchev–Trinajstić information content (AvgIpc) is 2.52. The Morgan fingerprint density at radius 3 is 2.36 bits per heavy atom. The van der Waals surface area contributed by atoms with Crippen LogP contribution in [0.2, 0.25) is 0 Å². The van der Waals surface area contributed by atoms with Gasteiger partial charge >= 0.3 is 11.9 Å². The molecule has 0 aliphatic rings. The van der Waals surface area contributed by atoms with Gasteiger partial charge in [-0.25, -0.2) is 9.18 Å². The third-order valence-corrected chi connectivity index (χ3v) is 3.07. The van der Waals surface area contributed by atoms with Crippen molar-refractivity contribution in [3.05, 3.63) is 35.6 Å². The van der Waals surface area contributed by atoms with Gasteiger partial charge in [-0.2, -0.15) is 0 Å². The smallest absolute Gasteiger partial charge is 0.328 e. The summed E-state index contributed by atoms with van der Waals surface area (Å²) in [5.74, 6) is -3.01. The van der Waals surface area contributed by atoms with Crippen LogP contribution in [0.5, 0.6) is 0 Å². The molecule has 0 saturated carbocycles. The van der Waals surface area contributed by atoms with Crippen molar-refractivity contribution in [1.82, 2.24) is 5.32 Å². The fourth-order valence-corrected chi connectivity index (χ4v) is 1.88. The van der Waals surface area contributed by atoms with Crippen molar-refractivity contribution in [1.29, 1.82) is 0 Å². The molecule has 0 aliphatic heterocycles. The number of hydrogen-bond acceptors (Lipinski definition) is 5. The van der Waals surface area contributed by atoms with Crippen molar-refractivity contribution in [3.63, 3.8) is 0 Å². The van der Waals surface area contributed by atoms with E-state index >= 15 is 0 Å². The van der Waals surface area contributed by atoms with E-state index < -0.39 is 35.6 Å². The predicted molar refractivity (Wildman–Crippen MR) is 75.5 cm³/mol. The molecule has 1 aromatic carbocycles. The number of halogens is 1. The van der Waals surface area contributed by atoms with E-state index in [2.05, 4.69) is 14.8 Å². The zero-order chi connectivity index (χ0) is 16.7. The van der Waals surface area contributed by atoms with E-state index in [1.807, 2.05) is 0 Å². The quantitative estimate of drug-likeness (QED) is 0.801. The molecule has 1 N–H and O–H groups in total. The first-order valence-corrected chi connectivity index (χ1v) is 6.61. The predicted octanol–water partition coefficient (Wildman–Crippen LogP) is 1.30. The third-order valence-electron chi connectivity index (χ3n) is 3.07. The van der Waals surface area contributed by atoms with E-state index in [1.165, 1.54) is 32.4 Å². The summed E-state index contributed by atoms with van der Waals surface area (Å²) in [7, 11) is 2.41. The first kappa shape index (κ1) is 17.6. The number of rotatable bonds is 6. The first-order chi connectivity index (χ1) is 10.4. The van der Waals surface area contributed by atoms with Gasteiger partial charge in [-0.15, -0.1) is 0 Å². The van der Waals surface area contributed by atoms with Crippen LogP contribution in [0.3, 0.4) is 0 Å². The van der Waals surface area contributed by atoms with Crippen LogP contribution in [-0.4, -0.2) is 38.1 Å². The number of carbonyl (C=O) groups excluding carboxylic acids is 3. The Kier molecular flexibility index (Phi) is 6.49. The van der Waals surface area contributed by atoms with Crippen molar-refractivity contribution >= 4 is 17.8 Å². The number of benzene rings is 1. The van der Waals surface area contributed by atoms with Gasteiger partial charge in [0.05, 0.1) is 20.1 Å². The Balaban J connectivity index is 2.83.